The lowest BCUT2D eigenvalue weighted by Crippen LogP contribution is -2.08. The quantitative estimate of drug-likeness (QED) is 0.213. The molecule has 0 saturated heterocycles. The minimum absolute atomic E-state index is 0.361. The van der Waals surface area contributed by atoms with E-state index in [9.17, 15) is 0 Å². The summed E-state index contributed by atoms with van der Waals surface area (Å²) in [6, 6.07) is 14.7. The van der Waals surface area contributed by atoms with Crippen LogP contribution in [0.1, 0.15) is 28.2 Å². The van der Waals surface area contributed by atoms with Crippen LogP contribution in [0.5, 0.6) is 5.75 Å². The fourth-order valence-electron chi connectivity index (χ4n) is 3.19. The summed E-state index contributed by atoms with van der Waals surface area (Å²) in [5.74, 6) is 2.39. The Labute approximate surface area is 197 Å². The summed E-state index contributed by atoms with van der Waals surface area (Å²) in [6.45, 7) is 11.1. The van der Waals surface area contributed by atoms with E-state index in [1.54, 1.807) is 23.1 Å². The smallest absolute Gasteiger partial charge is 0.191 e. The van der Waals surface area contributed by atoms with E-state index in [-0.39, 0.29) is 0 Å². The SMILES string of the molecule is C=CCn1c(COc2cc(C)ccc2C)nnc1SCc1csc(-c2ccc(C)cc2)n1. The van der Waals surface area contributed by atoms with Crippen molar-refractivity contribution in [2.75, 3.05) is 0 Å². The number of thioether (sulfide) groups is 1. The van der Waals surface area contributed by atoms with Gasteiger partial charge < -0.3 is 4.74 Å². The zero-order valence-electron chi connectivity index (χ0n) is 18.5. The molecule has 0 saturated carbocycles. The monoisotopic (exact) mass is 462 g/mol. The fourth-order valence-corrected chi connectivity index (χ4v) is 4.98. The van der Waals surface area contributed by atoms with Crippen LogP contribution in [0.15, 0.2) is 65.7 Å². The average molecular weight is 463 g/mol. The molecule has 4 aromatic rings. The van der Waals surface area contributed by atoms with E-state index in [0.717, 1.165) is 44.3 Å². The zero-order valence-corrected chi connectivity index (χ0v) is 20.2. The molecule has 0 N–H and O–H groups in total. The summed E-state index contributed by atoms with van der Waals surface area (Å²) in [5, 5.41) is 12.8. The molecule has 0 atom stereocenters. The second-order valence-electron chi connectivity index (χ2n) is 7.65. The lowest BCUT2D eigenvalue weighted by Gasteiger charge is -2.11. The molecule has 7 heteroatoms. The number of thiazole rings is 1. The Balaban J connectivity index is 1.44. The lowest BCUT2D eigenvalue weighted by molar-refractivity contribution is 0.287. The molecule has 2 aromatic heterocycles. The molecule has 0 unspecified atom stereocenters. The van der Waals surface area contributed by atoms with Gasteiger partial charge >= 0.3 is 0 Å². The first-order valence-electron chi connectivity index (χ1n) is 10.4. The Hall–Kier alpha value is -2.90. The highest BCUT2D eigenvalue weighted by Gasteiger charge is 2.14. The second-order valence-corrected chi connectivity index (χ2v) is 9.46. The van der Waals surface area contributed by atoms with E-state index in [1.807, 2.05) is 19.1 Å². The maximum atomic E-state index is 6.05. The molecule has 0 aliphatic carbocycles. The van der Waals surface area contributed by atoms with E-state index in [4.69, 9.17) is 9.72 Å². The Morgan fingerprint density at radius 1 is 1.06 bits per heavy atom. The van der Waals surface area contributed by atoms with Crippen LogP contribution in [-0.2, 0) is 18.9 Å². The maximum Gasteiger partial charge on any atom is 0.191 e. The van der Waals surface area contributed by atoms with E-state index in [0.29, 0.717) is 13.2 Å². The number of hydrogen-bond donors (Lipinski definition) is 0. The first-order valence-corrected chi connectivity index (χ1v) is 12.3. The number of nitrogens with zero attached hydrogens (tertiary/aromatic N) is 4. The number of aryl methyl sites for hydroxylation is 3. The van der Waals surface area contributed by atoms with Gasteiger partial charge in [-0.15, -0.1) is 28.1 Å². The number of ether oxygens (including phenoxy) is 1. The molecular weight excluding hydrogens is 436 g/mol. The third kappa shape index (κ3) is 5.29. The van der Waals surface area contributed by atoms with Gasteiger partial charge in [0.1, 0.15) is 17.4 Å². The molecule has 0 bridgehead atoms. The van der Waals surface area contributed by atoms with Crippen LogP contribution in [-0.4, -0.2) is 19.7 Å². The van der Waals surface area contributed by atoms with Crippen LogP contribution in [0.2, 0.25) is 0 Å². The lowest BCUT2D eigenvalue weighted by atomic mass is 10.1. The second kappa shape index (κ2) is 10.1. The van der Waals surface area contributed by atoms with Crippen LogP contribution in [0.25, 0.3) is 10.6 Å². The highest BCUT2D eigenvalue weighted by atomic mass is 32.2. The van der Waals surface area contributed by atoms with Crippen LogP contribution in [0, 0.1) is 20.8 Å². The van der Waals surface area contributed by atoms with Crippen molar-refractivity contribution in [3.8, 4) is 16.3 Å². The Morgan fingerprint density at radius 3 is 2.62 bits per heavy atom. The van der Waals surface area contributed by atoms with Crippen molar-refractivity contribution in [2.45, 2.75) is 44.8 Å². The van der Waals surface area contributed by atoms with Gasteiger partial charge in [0, 0.05) is 23.2 Å². The molecule has 0 spiro atoms. The van der Waals surface area contributed by atoms with Crippen LogP contribution >= 0.6 is 23.1 Å². The molecule has 0 aliphatic heterocycles. The van der Waals surface area contributed by atoms with Gasteiger partial charge in [-0.25, -0.2) is 4.98 Å². The molecular formula is C25H26N4OS2. The number of aromatic nitrogens is 4. The van der Waals surface area contributed by atoms with Crippen molar-refractivity contribution in [3.63, 3.8) is 0 Å². The normalized spacial score (nSPS) is 11.0. The van der Waals surface area contributed by atoms with Gasteiger partial charge in [-0.05, 0) is 38.0 Å². The van der Waals surface area contributed by atoms with Crippen molar-refractivity contribution >= 4 is 23.1 Å². The number of allylic oxidation sites excluding steroid dienone is 1. The van der Waals surface area contributed by atoms with Gasteiger partial charge in [-0.3, -0.25) is 4.57 Å². The molecule has 4 rings (SSSR count). The minimum Gasteiger partial charge on any atom is -0.485 e. The van der Waals surface area contributed by atoms with Crippen LogP contribution in [0.4, 0.5) is 0 Å². The van der Waals surface area contributed by atoms with E-state index < -0.39 is 0 Å². The molecule has 0 aliphatic rings. The maximum absolute atomic E-state index is 6.05. The molecule has 2 aromatic carbocycles. The summed E-state index contributed by atoms with van der Waals surface area (Å²) in [6.07, 6.45) is 1.85. The van der Waals surface area contributed by atoms with Crippen LogP contribution < -0.4 is 4.74 Å². The third-order valence-electron chi connectivity index (χ3n) is 5.00. The Kier molecular flexibility index (Phi) is 7.07. The van der Waals surface area contributed by atoms with Crippen molar-refractivity contribution in [1.29, 1.82) is 0 Å². The fraction of sp³-hybridized carbons (Fsp3) is 0.240. The van der Waals surface area contributed by atoms with E-state index in [1.165, 1.54) is 11.1 Å². The van der Waals surface area contributed by atoms with Gasteiger partial charge in [0.25, 0.3) is 0 Å². The Morgan fingerprint density at radius 2 is 1.84 bits per heavy atom. The van der Waals surface area contributed by atoms with E-state index in [2.05, 4.69) is 77.0 Å². The molecule has 0 radical (unpaired) electrons. The molecule has 0 amide bonds. The Bertz CT molecular complexity index is 1210. The number of benzene rings is 2. The van der Waals surface area contributed by atoms with Crippen molar-refractivity contribution in [3.05, 3.63) is 88.7 Å². The zero-order chi connectivity index (χ0) is 22.5. The first-order chi connectivity index (χ1) is 15.5. The number of rotatable bonds is 9. The highest BCUT2D eigenvalue weighted by molar-refractivity contribution is 7.98. The summed E-state index contributed by atoms with van der Waals surface area (Å²) in [7, 11) is 0. The van der Waals surface area contributed by atoms with Crippen molar-refractivity contribution in [1.82, 2.24) is 19.7 Å². The molecule has 5 nitrogen and oxygen atoms in total. The standard InChI is InChI=1S/C25H26N4OS2/c1-5-12-29-23(14-30-22-13-18(3)6-9-19(22)4)27-28-25(29)32-16-21-15-31-24(26-21)20-10-7-17(2)8-11-20/h5-11,13,15H,1,12,14,16H2,2-4H3. The minimum atomic E-state index is 0.361. The van der Waals surface area contributed by atoms with Gasteiger partial charge in [-0.2, -0.15) is 0 Å². The predicted molar refractivity (Wildman–Crippen MR) is 132 cm³/mol. The molecule has 32 heavy (non-hydrogen) atoms. The largest absolute Gasteiger partial charge is 0.485 e. The van der Waals surface area contributed by atoms with Crippen LogP contribution in [0.3, 0.4) is 0 Å². The number of hydrogen-bond acceptors (Lipinski definition) is 6. The van der Waals surface area contributed by atoms with Gasteiger partial charge in [0.05, 0.1) is 5.69 Å². The van der Waals surface area contributed by atoms with Crippen molar-refractivity contribution < 1.29 is 4.74 Å². The predicted octanol–water partition coefficient (Wildman–Crippen LogP) is 6.38. The molecule has 2 heterocycles. The van der Waals surface area contributed by atoms with E-state index >= 15 is 0 Å². The van der Waals surface area contributed by atoms with Gasteiger partial charge in [0.15, 0.2) is 11.0 Å². The van der Waals surface area contributed by atoms with Gasteiger partial charge in [0.2, 0.25) is 0 Å². The molecule has 0 fully saturated rings. The topological polar surface area (TPSA) is 52.8 Å². The first kappa shape index (κ1) is 22.3. The van der Waals surface area contributed by atoms with Crippen molar-refractivity contribution in [2.24, 2.45) is 0 Å². The summed E-state index contributed by atoms with van der Waals surface area (Å²) < 4.78 is 8.10. The average Bonchev–Trinajstić information content (AvgIpc) is 3.41. The van der Waals surface area contributed by atoms with Gasteiger partial charge in [-0.1, -0.05) is 59.8 Å². The molecule has 164 valence electrons. The third-order valence-corrected chi connectivity index (χ3v) is 6.95. The summed E-state index contributed by atoms with van der Waals surface area (Å²) in [5.41, 5.74) is 5.71. The highest BCUT2D eigenvalue weighted by Crippen LogP contribution is 2.28. The summed E-state index contributed by atoms with van der Waals surface area (Å²) in [4.78, 5) is 4.80. The summed E-state index contributed by atoms with van der Waals surface area (Å²) >= 11 is 3.30.